The lowest BCUT2D eigenvalue weighted by Crippen LogP contribution is -2.29. The largest absolute Gasteiger partial charge is 0.389 e. The van der Waals surface area contributed by atoms with Crippen LogP contribution in [-0.4, -0.2) is 11.0 Å². The summed E-state index contributed by atoms with van der Waals surface area (Å²) in [5, 5.41) is 6.02. The number of nitrogens with zero attached hydrogens (tertiary/aromatic N) is 1. The van der Waals surface area contributed by atoms with E-state index in [-0.39, 0.29) is 18.6 Å². The lowest BCUT2D eigenvalue weighted by molar-refractivity contribution is 0.248. The van der Waals surface area contributed by atoms with Gasteiger partial charge in [0.05, 0.1) is 16.9 Å². The van der Waals surface area contributed by atoms with Crippen LogP contribution in [0.4, 0.5) is 10.8 Å². The first-order valence-corrected chi connectivity index (χ1v) is 8.24. The lowest BCUT2D eigenvalue weighted by Gasteiger charge is -2.14. The van der Waals surface area contributed by atoms with Crippen LogP contribution in [0.1, 0.15) is 29.7 Å². The van der Waals surface area contributed by atoms with Crippen LogP contribution in [0, 0.1) is 6.92 Å². The van der Waals surface area contributed by atoms with Crippen LogP contribution in [0.2, 0.25) is 0 Å². The zero-order valence-electron chi connectivity index (χ0n) is 14.6. The predicted molar refractivity (Wildman–Crippen MR) is 99.9 cm³/mol. The van der Waals surface area contributed by atoms with Gasteiger partial charge in [0.1, 0.15) is 0 Å². The number of carbonyl (C=O) groups excluding carboxylic acids is 1. The summed E-state index contributed by atoms with van der Waals surface area (Å²) in [6.45, 7) is 3.99. The molecule has 1 atom stereocenters. The number of nitrogens with one attached hydrogen (secondary N) is 2. The van der Waals surface area contributed by atoms with Crippen LogP contribution in [0.3, 0.4) is 0 Å². The molecular weight excluding hydrogens is 332 g/mol. The molecule has 7 heteroatoms. The Hall–Kier alpha value is -3.35. The summed E-state index contributed by atoms with van der Waals surface area (Å²) in [6.07, 6.45) is 0. The van der Waals surface area contributed by atoms with Gasteiger partial charge < -0.3 is 20.8 Å². The second-order valence-corrected chi connectivity index (χ2v) is 6.04. The summed E-state index contributed by atoms with van der Waals surface area (Å²) >= 11 is 0. The second-order valence-electron chi connectivity index (χ2n) is 6.04. The summed E-state index contributed by atoms with van der Waals surface area (Å²) in [4.78, 5) is 27.8. The van der Waals surface area contributed by atoms with Crippen LogP contribution < -0.4 is 22.0 Å². The quantitative estimate of drug-likeness (QED) is 0.654. The standard InChI is InChI=1S/C19H20N4O3/c1-11-14(10-21-18(20)25)8-9-15-16(11)17(24)26-19(23-15)22-12(2)13-6-4-3-5-7-13/h3-9,12H,10H2,1-2H3,(H,22,23)(H3,20,21,25)/t12-/m0/s1. The van der Waals surface area contributed by atoms with Crippen molar-refractivity contribution in [2.24, 2.45) is 5.73 Å². The van der Waals surface area contributed by atoms with Crippen molar-refractivity contribution >= 4 is 22.9 Å². The Labute approximate surface area is 150 Å². The Balaban J connectivity index is 1.92. The molecule has 0 radical (unpaired) electrons. The van der Waals surface area contributed by atoms with Crippen LogP contribution in [0.5, 0.6) is 0 Å². The number of anilines is 1. The van der Waals surface area contributed by atoms with Crippen molar-refractivity contribution in [1.82, 2.24) is 10.3 Å². The van der Waals surface area contributed by atoms with E-state index in [0.29, 0.717) is 16.5 Å². The number of carbonyl (C=O) groups is 1. The molecule has 0 aliphatic heterocycles. The highest BCUT2D eigenvalue weighted by Gasteiger charge is 2.14. The number of amides is 2. The van der Waals surface area contributed by atoms with Crippen LogP contribution >= 0.6 is 0 Å². The maximum atomic E-state index is 12.5. The third-order valence-electron chi connectivity index (χ3n) is 4.26. The van der Waals surface area contributed by atoms with E-state index in [4.69, 9.17) is 10.2 Å². The summed E-state index contributed by atoms with van der Waals surface area (Å²) in [5.74, 6) is 0. The van der Waals surface area contributed by atoms with E-state index >= 15 is 0 Å². The molecule has 7 nitrogen and oxygen atoms in total. The van der Waals surface area contributed by atoms with Gasteiger partial charge in [0.25, 0.3) is 6.01 Å². The molecule has 26 heavy (non-hydrogen) atoms. The molecule has 0 spiro atoms. The number of aromatic nitrogens is 1. The fraction of sp³-hybridized carbons (Fsp3) is 0.211. The minimum Gasteiger partial charge on any atom is -0.389 e. The zero-order chi connectivity index (χ0) is 18.7. The number of primary amides is 1. The van der Waals surface area contributed by atoms with Crippen molar-refractivity contribution in [2.45, 2.75) is 26.4 Å². The molecule has 0 fully saturated rings. The van der Waals surface area contributed by atoms with Gasteiger partial charge in [0.2, 0.25) is 0 Å². The topological polar surface area (TPSA) is 110 Å². The summed E-state index contributed by atoms with van der Waals surface area (Å²) in [5.41, 5.74) is 7.70. The molecule has 2 aromatic carbocycles. The van der Waals surface area contributed by atoms with E-state index in [1.807, 2.05) is 43.3 Å². The van der Waals surface area contributed by atoms with Crippen molar-refractivity contribution in [3.8, 4) is 0 Å². The molecule has 1 heterocycles. The number of hydrogen-bond donors (Lipinski definition) is 3. The number of nitrogens with two attached hydrogens (primary N) is 1. The number of aryl methyl sites for hydroxylation is 1. The average molecular weight is 352 g/mol. The van der Waals surface area contributed by atoms with Crippen LogP contribution in [0.25, 0.3) is 10.9 Å². The van der Waals surface area contributed by atoms with Gasteiger partial charge in [-0.1, -0.05) is 36.4 Å². The molecule has 3 rings (SSSR count). The minimum atomic E-state index is -0.621. The minimum absolute atomic E-state index is 0.0653. The fourth-order valence-corrected chi connectivity index (χ4v) is 2.81. The zero-order valence-corrected chi connectivity index (χ0v) is 14.6. The van der Waals surface area contributed by atoms with Gasteiger partial charge in [-0.2, -0.15) is 4.98 Å². The van der Waals surface area contributed by atoms with Gasteiger partial charge in [-0.15, -0.1) is 0 Å². The van der Waals surface area contributed by atoms with E-state index in [9.17, 15) is 9.59 Å². The summed E-state index contributed by atoms with van der Waals surface area (Å²) < 4.78 is 5.35. The molecule has 4 N–H and O–H groups in total. The molecule has 0 saturated heterocycles. The van der Waals surface area contributed by atoms with Gasteiger partial charge in [0.15, 0.2) is 0 Å². The molecule has 0 bridgehead atoms. The maximum Gasteiger partial charge on any atom is 0.348 e. The van der Waals surface area contributed by atoms with E-state index in [0.717, 1.165) is 11.1 Å². The molecule has 0 aliphatic carbocycles. The first-order chi connectivity index (χ1) is 12.5. The molecular formula is C19H20N4O3. The molecule has 134 valence electrons. The smallest absolute Gasteiger partial charge is 0.348 e. The van der Waals surface area contributed by atoms with E-state index < -0.39 is 11.7 Å². The van der Waals surface area contributed by atoms with Crippen molar-refractivity contribution in [1.29, 1.82) is 0 Å². The Morgan fingerprint density at radius 2 is 1.96 bits per heavy atom. The number of rotatable bonds is 5. The summed E-state index contributed by atoms with van der Waals surface area (Å²) in [7, 11) is 0. The van der Waals surface area contributed by atoms with Crippen molar-refractivity contribution in [3.63, 3.8) is 0 Å². The molecule has 2 amide bonds. The highest BCUT2D eigenvalue weighted by molar-refractivity contribution is 5.82. The highest BCUT2D eigenvalue weighted by atomic mass is 16.4. The van der Waals surface area contributed by atoms with Crippen LogP contribution in [0.15, 0.2) is 51.7 Å². The number of hydrogen-bond acceptors (Lipinski definition) is 5. The van der Waals surface area contributed by atoms with Crippen LogP contribution in [-0.2, 0) is 6.54 Å². The van der Waals surface area contributed by atoms with Gasteiger partial charge in [-0.05, 0) is 36.6 Å². The second kappa shape index (κ2) is 7.26. The SMILES string of the molecule is Cc1c(CNC(N)=O)ccc2nc(N[C@@H](C)c3ccccc3)oc(=O)c12. The molecule has 1 aromatic heterocycles. The van der Waals surface area contributed by atoms with Gasteiger partial charge in [0, 0.05) is 6.54 Å². The highest BCUT2D eigenvalue weighted by Crippen LogP contribution is 2.21. The van der Waals surface area contributed by atoms with E-state index in [1.165, 1.54) is 0 Å². The van der Waals surface area contributed by atoms with Crippen molar-refractivity contribution < 1.29 is 9.21 Å². The van der Waals surface area contributed by atoms with E-state index in [2.05, 4.69) is 15.6 Å². The monoisotopic (exact) mass is 352 g/mol. The van der Waals surface area contributed by atoms with Gasteiger partial charge >= 0.3 is 11.7 Å². The lowest BCUT2D eigenvalue weighted by atomic mass is 10.0. The number of benzene rings is 2. The average Bonchev–Trinajstić information content (AvgIpc) is 2.61. The molecule has 0 unspecified atom stereocenters. The third-order valence-corrected chi connectivity index (χ3v) is 4.26. The van der Waals surface area contributed by atoms with Crippen molar-refractivity contribution in [3.05, 3.63) is 69.6 Å². The predicted octanol–water partition coefficient (Wildman–Crippen LogP) is 2.84. The first-order valence-electron chi connectivity index (χ1n) is 8.24. The first kappa shape index (κ1) is 17.5. The molecule has 0 aliphatic rings. The third kappa shape index (κ3) is 3.66. The maximum absolute atomic E-state index is 12.5. The van der Waals surface area contributed by atoms with Crippen molar-refractivity contribution in [2.75, 3.05) is 5.32 Å². The molecule has 0 saturated carbocycles. The summed E-state index contributed by atoms with van der Waals surface area (Å²) in [6, 6.07) is 12.8. The van der Waals surface area contributed by atoms with Gasteiger partial charge in [-0.25, -0.2) is 9.59 Å². The molecule has 3 aromatic rings. The Bertz CT molecular complexity index is 999. The normalized spacial score (nSPS) is 11.9. The van der Waals surface area contributed by atoms with Gasteiger partial charge in [-0.3, -0.25) is 0 Å². The number of urea groups is 1. The Morgan fingerprint density at radius 3 is 2.65 bits per heavy atom. The number of fused-ring (bicyclic) bond motifs is 1. The Kier molecular flexibility index (Phi) is 4.88. The Morgan fingerprint density at radius 1 is 1.23 bits per heavy atom. The van der Waals surface area contributed by atoms with E-state index in [1.54, 1.807) is 13.0 Å². The fourth-order valence-electron chi connectivity index (χ4n) is 2.81.